The Kier molecular flexibility index (Phi) is 6.52. The van der Waals surface area contributed by atoms with Gasteiger partial charge in [0.1, 0.15) is 6.54 Å². The quantitative estimate of drug-likeness (QED) is 0.772. The molecule has 7 nitrogen and oxygen atoms in total. The lowest BCUT2D eigenvalue weighted by Crippen LogP contribution is -2.38. The summed E-state index contributed by atoms with van der Waals surface area (Å²) in [6.07, 6.45) is 0.371. The van der Waals surface area contributed by atoms with Gasteiger partial charge in [-0.25, -0.2) is 0 Å². The number of carboxylic acids is 1. The number of hydrogen-bond donors (Lipinski definition) is 1. The van der Waals surface area contributed by atoms with Crippen molar-refractivity contribution in [2.75, 3.05) is 13.1 Å². The van der Waals surface area contributed by atoms with E-state index in [-0.39, 0.29) is 31.2 Å². The maximum atomic E-state index is 12.3. The molecule has 0 unspecified atom stereocenters. The van der Waals surface area contributed by atoms with Gasteiger partial charge >= 0.3 is 5.97 Å². The molecule has 1 aromatic carbocycles. The van der Waals surface area contributed by atoms with Crippen LogP contribution in [0.15, 0.2) is 28.8 Å². The summed E-state index contributed by atoms with van der Waals surface area (Å²) in [5.74, 6) is -0.343. The van der Waals surface area contributed by atoms with E-state index in [0.29, 0.717) is 23.3 Å². The molecule has 1 heterocycles. The van der Waals surface area contributed by atoms with Crippen molar-refractivity contribution < 1.29 is 19.2 Å². The lowest BCUT2D eigenvalue weighted by Gasteiger charge is -2.22. The van der Waals surface area contributed by atoms with Gasteiger partial charge in [-0.2, -0.15) is 4.98 Å². The molecule has 0 aliphatic heterocycles. The van der Waals surface area contributed by atoms with Crippen LogP contribution in [0.2, 0.25) is 5.02 Å². The predicted molar refractivity (Wildman–Crippen MR) is 92.1 cm³/mol. The lowest BCUT2D eigenvalue weighted by molar-refractivity contribution is -0.144. The summed E-state index contributed by atoms with van der Waals surface area (Å²) in [6.45, 7) is 3.94. The van der Waals surface area contributed by atoms with Crippen molar-refractivity contribution in [3.05, 3.63) is 35.2 Å². The molecule has 134 valence electrons. The van der Waals surface area contributed by atoms with Gasteiger partial charge in [0.05, 0.1) is 0 Å². The van der Waals surface area contributed by atoms with Gasteiger partial charge in [-0.15, -0.1) is 0 Å². The minimum Gasteiger partial charge on any atom is -0.480 e. The second-order valence-corrected chi connectivity index (χ2v) is 6.52. The topological polar surface area (TPSA) is 96.5 Å². The van der Waals surface area contributed by atoms with Crippen molar-refractivity contribution >= 4 is 23.5 Å². The van der Waals surface area contributed by atoms with Crippen LogP contribution in [-0.2, 0) is 16.0 Å². The standard InChI is InChI=1S/C17H20ClN3O4/c1-11(2)9-21(10-16(23)24)15(22)8-7-14-19-17(20-25-14)12-3-5-13(18)6-4-12/h3-6,11H,7-10H2,1-2H3,(H,23,24). The third kappa shape index (κ3) is 5.86. The number of carboxylic acid groups (broad SMARTS) is 1. The van der Waals surface area contributed by atoms with Crippen LogP contribution in [0.1, 0.15) is 26.2 Å². The van der Waals surface area contributed by atoms with Crippen LogP contribution in [0.25, 0.3) is 11.4 Å². The average Bonchev–Trinajstić information content (AvgIpc) is 3.00. The molecule has 0 saturated carbocycles. The van der Waals surface area contributed by atoms with Gasteiger partial charge in [0.25, 0.3) is 0 Å². The third-order valence-electron chi connectivity index (χ3n) is 3.39. The van der Waals surface area contributed by atoms with Gasteiger partial charge in [0, 0.05) is 30.0 Å². The Labute approximate surface area is 150 Å². The van der Waals surface area contributed by atoms with Crippen molar-refractivity contribution in [1.82, 2.24) is 15.0 Å². The minimum absolute atomic E-state index is 0.113. The van der Waals surface area contributed by atoms with E-state index in [1.165, 1.54) is 4.90 Å². The molecule has 0 atom stereocenters. The summed E-state index contributed by atoms with van der Waals surface area (Å²) in [7, 11) is 0. The number of hydrogen-bond acceptors (Lipinski definition) is 5. The molecule has 0 spiro atoms. The summed E-state index contributed by atoms with van der Waals surface area (Å²) in [5, 5.41) is 13.4. The largest absolute Gasteiger partial charge is 0.480 e. The number of aryl methyl sites for hydroxylation is 1. The monoisotopic (exact) mass is 365 g/mol. The number of carbonyl (C=O) groups excluding carboxylic acids is 1. The highest BCUT2D eigenvalue weighted by atomic mass is 35.5. The lowest BCUT2D eigenvalue weighted by atomic mass is 10.2. The Balaban J connectivity index is 1.96. The maximum absolute atomic E-state index is 12.3. The molecule has 2 rings (SSSR count). The van der Waals surface area contributed by atoms with Gasteiger partial charge in [0.2, 0.25) is 17.6 Å². The molecule has 2 aromatic rings. The summed E-state index contributed by atoms with van der Waals surface area (Å²) in [6, 6.07) is 7.01. The van der Waals surface area contributed by atoms with Crippen LogP contribution in [0.4, 0.5) is 0 Å². The van der Waals surface area contributed by atoms with Gasteiger partial charge in [-0.3, -0.25) is 9.59 Å². The molecule has 1 amide bonds. The first kappa shape index (κ1) is 18.9. The Hall–Kier alpha value is -2.41. The molecule has 8 heteroatoms. The molecule has 0 aliphatic rings. The van der Waals surface area contributed by atoms with Crippen LogP contribution in [0, 0.1) is 5.92 Å². The van der Waals surface area contributed by atoms with Crippen molar-refractivity contribution in [2.45, 2.75) is 26.7 Å². The molecule has 0 aliphatic carbocycles. The number of carbonyl (C=O) groups is 2. The van der Waals surface area contributed by atoms with Gasteiger partial charge in [-0.1, -0.05) is 30.6 Å². The van der Waals surface area contributed by atoms with Gasteiger partial charge in [0.15, 0.2) is 0 Å². The number of rotatable bonds is 8. The number of halogens is 1. The number of aliphatic carboxylic acids is 1. The van der Waals surface area contributed by atoms with Crippen LogP contribution in [0.3, 0.4) is 0 Å². The van der Waals surface area contributed by atoms with Crippen LogP contribution in [0.5, 0.6) is 0 Å². The summed E-state index contributed by atoms with van der Waals surface area (Å²) >= 11 is 5.84. The van der Waals surface area contributed by atoms with Gasteiger partial charge < -0.3 is 14.5 Å². The van der Waals surface area contributed by atoms with E-state index in [1.54, 1.807) is 24.3 Å². The van der Waals surface area contributed by atoms with Crippen LogP contribution in [-0.4, -0.2) is 45.1 Å². The summed E-state index contributed by atoms with van der Waals surface area (Å²) < 4.78 is 5.16. The van der Waals surface area contributed by atoms with E-state index >= 15 is 0 Å². The van der Waals surface area contributed by atoms with E-state index < -0.39 is 5.97 Å². The Bertz CT molecular complexity index is 728. The van der Waals surface area contributed by atoms with E-state index in [4.69, 9.17) is 21.2 Å². The van der Waals surface area contributed by atoms with Gasteiger partial charge in [-0.05, 0) is 30.2 Å². The Morgan fingerprint density at radius 3 is 2.56 bits per heavy atom. The normalized spacial score (nSPS) is 10.9. The van der Waals surface area contributed by atoms with Crippen molar-refractivity contribution in [3.63, 3.8) is 0 Å². The zero-order valence-electron chi connectivity index (χ0n) is 14.1. The molecule has 0 saturated heterocycles. The smallest absolute Gasteiger partial charge is 0.323 e. The molecule has 0 bridgehead atoms. The molecule has 25 heavy (non-hydrogen) atoms. The highest BCUT2D eigenvalue weighted by Crippen LogP contribution is 2.19. The zero-order chi connectivity index (χ0) is 18.4. The molecular weight excluding hydrogens is 346 g/mol. The van der Waals surface area contributed by atoms with Crippen molar-refractivity contribution in [1.29, 1.82) is 0 Å². The van der Waals surface area contributed by atoms with E-state index in [9.17, 15) is 9.59 Å². The average molecular weight is 366 g/mol. The molecule has 1 aromatic heterocycles. The number of amides is 1. The SMILES string of the molecule is CC(C)CN(CC(=O)O)C(=O)CCc1nc(-c2ccc(Cl)cc2)no1. The first-order valence-electron chi connectivity index (χ1n) is 7.93. The first-order valence-corrected chi connectivity index (χ1v) is 8.31. The number of aromatic nitrogens is 2. The fourth-order valence-electron chi connectivity index (χ4n) is 2.30. The van der Waals surface area contributed by atoms with Crippen LogP contribution >= 0.6 is 11.6 Å². The summed E-state index contributed by atoms with van der Waals surface area (Å²) in [5.41, 5.74) is 0.762. The maximum Gasteiger partial charge on any atom is 0.323 e. The number of nitrogens with zero attached hydrogens (tertiary/aromatic N) is 3. The highest BCUT2D eigenvalue weighted by molar-refractivity contribution is 6.30. The predicted octanol–water partition coefficient (Wildman–Crippen LogP) is 2.89. The fraction of sp³-hybridized carbons (Fsp3) is 0.412. The van der Waals surface area contributed by atoms with E-state index in [2.05, 4.69) is 10.1 Å². The van der Waals surface area contributed by atoms with E-state index in [1.807, 2.05) is 13.8 Å². The van der Waals surface area contributed by atoms with Crippen molar-refractivity contribution in [3.8, 4) is 11.4 Å². The molecule has 0 fully saturated rings. The second kappa shape index (κ2) is 8.62. The zero-order valence-corrected chi connectivity index (χ0v) is 14.9. The number of benzene rings is 1. The minimum atomic E-state index is -1.03. The highest BCUT2D eigenvalue weighted by Gasteiger charge is 2.19. The molecular formula is C17H20ClN3O4. The Morgan fingerprint density at radius 2 is 1.96 bits per heavy atom. The van der Waals surface area contributed by atoms with Crippen LogP contribution < -0.4 is 0 Å². The third-order valence-corrected chi connectivity index (χ3v) is 3.64. The van der Waals surface area contributed by atoms with E-state index in [0.717, 1.165) is 5.56 Å². The molecule has 1 N–H and O–H groups in total. The Morgan fingerprint density at radius 1 is 1.28 bits per heavy atom. The van der Waals surface area contributed by atoms with Crippen molar-refractivity contribution in [2.24, 2.45) is 5.92 Å². The summed E-state index contributed by atoms with van der Waals surface area (Å²) in [4.78, 5) is 28.8. The fourth-order valence-corrected chi connectivity index (χ4v) is 2.43. The second-order valence-electron chi connectivity index (χ2n) is 6.08. The molecule has 0 radical (unpaired) electrons. The first-order chi connectivity index (χ1) is 11.8.